The molecule has 0 saturated carbocycles. The molecule has 0 fully saturated rings. The van der Waals surface area contributed by atoms with Crippen LogP contribution in [-0.4, -0.2) is 19.5 Å². The zero-order valence-corrected chi connectivity index (χ0v) is 11.2. The lowest BCUT2D eigenvalue weighted by molar-refractivity contribution is -0.125. The average Bonchev–Trinajstić information content (AvgIpc) is 2.39. The third kappa shape index (κ3) is 2.91. The van der Waals surface area contributed by atoms with Gasteiger partial charge in [0, 0.05) is 12.5 Å². The van der Waals surface area contributed by atoms with Gasteiger partial charge in [0.05, 0.1) is 6.04 Å². The molecule has 1 aromatic carbocycles. The van der Waals surface area contributed by atoms with Crippen molar-refractivity contribution in [3.05, 3.63) is 35.4 Å². The van der Waals surface area contributed by atoms with Crippen LogP contribution in [0.25, 0.3) is 0 Å². The molecule has 2 rings (SSSR count). The summed E-state index contributed by atoms with van der Waals surface area (Å²) < 4.78 is 0. The average molecular weight is 246 g/mol. The molecule has 1 aromatic rings. The highest BCUT2D eigenvalue weighted by atomic mass is 16.1. The van der Waals surface area contributed by atoms with Crippen molar-refractivity contribution < 1.29 is 4.79 Å². The molecule has 1 aliphatic rings. The molecule has 98 valence electrons. The van der Waals surface area contributed by atoms with E-state index < -0.39 is 0 Å². The van der Waals surface area contributed by atoms with Crippen molar-refractivity contribution in [3.63, 3.8) is 0 Å². The Balaban J connectivity index is 2.05. The predicted molar refractivity (Wildman–Crippen MR) is 73.4 cm³/mol. The van der Waals surface area contributed by atoms with Crippen LogP contribution in [0.5, 0.6) is 0 Å². The Hall–Kier alpha value is -1.35. The Morgan fingerprint density at radius 1 is 1.44 bits per heavy atom. The van der Waals surface area contributed by atoms with Gasteiger partial charge < -0.3 is 10.6 Å². The fourth-order valence-corrected chi connectivity index (χ4v) is 2.62. The number of carbonyl (C=O) groups excluding carboxylic acids is 1. The van der Waals surface area contributed by atoms with Gasteiger partial charge in [0.2, 0.25) is 5.91 Å². The molecule has 0 heterocycles. The van der Waals surface area contributed by atoms with Gasteiger partial charge in [-0.1, -0.05) is 31.2 Å². The second-order valence-corrected chi connectivity index (χ2v) is 5.11. The molecule has 18 heavy (non-hydrogen) atoms. The molecule has 0 aliphatic heterocycles. The van der Waals surface area contributed by atoms with Crippen molar-refractivity contribution in [1.29, 1.82) is 0 Å². The van der Waals surface area contributed by atoms with Crippen molar-refractivity contribution >= 4 is 5.91 Å². The van der Waals surface area contributed by atoms with Crippen molar-refractivity contribution in [2.45, 2.75) is 32.2 Å². The molecular weight excluding hydrogens is 224 g/mol. The van der Waals surface area contributed by atoms with Crippen LogP contribution in [0.4, 0.5) is 0 Å². The summed E-state index contributed by atoms with van der Waals surface area (Å²) in [4.78, 5) is 12.1. The number of carbonyl (C=O) groups is 1. The number of amides is 1. The Morgan fingerprint density at radius 3 is 3.00 bits per heavy atom. The smallest absolute Gasteiger partial charge is 0.224 e. The fraction of sp³-hybridized carbons (Fsp3) is 0.533. The van der Waals surface area contributed by atoms with Crippen LogP contribution < -0.4 is 10.6 Å². The first-order valence-electron chi connectivity index (χ1n) is 6.75. The van der Waals surface area contributed by atoms with Crippen LogP contribution in [0.2, 0.25) is 0 Å². The number of fused-ring (bicyclic) bond motifs is 1. The number of rotatable bonds is 4. The zero-order chi connectivity index (χ0) is 13.0. The minimum Gasteiger partial charge on any atom is -0.349 e. The predicted octanol–water partition coefficient (Wildman–Crippen LogP) is 2.04. The molecule has 0 spiro atoms. The lowest BCUT2D eigenvalue weighted by Gasteiger charge is -2.27. The Bertz CT molecular complexity index is 417. The van der Waals surface area contributed by atoms with Gasteiger partial charge in [-0.25, -0.2) is 0 Å². The highest BCUT2D eigenvalue weighted by molar-refractivity contribution is 5.79. The summed E-state index contributed by atoms with van der Waals surface area (Å²) in [7, 11) is 1.87. The molecular formula is C15H22N2O. The summed E-state index contributed by atoms with van der Waals surface area (Å²) in [5.74, 6) is 0.162. The third-order valence-electron chi connectivity index (χ3n) is 3.64. The van der Waals surface area contributed by atoms with Gasteiger partial charge in [0.25, 0.3) is 0 Å². The molecule has 3 heteroatoms. The standard InChI is InChI=1S/C15H22N2O/c1-11(10-16-2)15(18)17-14-9-5-7-12-6-3-4-8-13(12)14/h3-4,6,8,11,14,16H,5,7,9-10H2,1-2H3,(H,17,18). The van der Waals surface area contributed by atoms with Crippen molar-refractivity contribution in [2.75, 3.05) is 13.6 Å². The van der Waals surface area contributed by atoms with E-state index in [2.05, 4.69) is 34.9 Å². The zero-order valence-electron chi connectivity index (χ0n) is 11.2. The van der Waals surface area contributed by atoms with Gasteiger partial charge >= 0.3 is 0 Å². The van der Waals surface area contributed by atoms with Crippen molar-refractivity contribution in [2.24, 2.45) is 5.92 Å². The van der Waals surface area contributed by atoms with E-state index >= 15 is 0 Å². The second kappa shape index (κ2) is 6.01. The van der Waals surface area contributed by atoms with E-state index in [9.17, 15) is 4.79 Å². The molecule has 0 saturated heterocycles. The van der Waals surface area contributed by atoms with Gasteiger partial charge in [0.1, 0.15) is 0 Å². The minimum absolute atomic E-state index is 0.0177. The van der Waals surface area contributed by atoms with E-state index in [-0.39, 0.29) is 17.9 Å². The molecule has 2 N–H and O–H groups in total. The van der Waals surface area contributed by atoms with Gasteiger partial charge in [0.15, 0.2) is 0 Å². The minimum atomic E-state index is 0.0177. The number of nitrogens with one attached hydrogen (secondary N) is 2. The van der Waals surface area contributed by atoms with E-state index in [1.54, 1.807) is 0 Å². The maximum Gasteiger partial charge on any atom is 0.224 e. The lowest BCUT2D eigenvalue weighted by atomic mass is 9.87. The third-order valence-corrected chi connectivity index (χ3v) is 3.64. The molecule has 2 unspecified atom stereocenters. The summed E-state index contributed by atoms with van der Waals surface area (Å²) in [5.41, 5.74) is 2.68. The Kier molecular flexibility index (Phi) is 4.37. The summed E-state index contributed by atoms with van der Waals surface area (Å²) in [6.07, 6.45) is 3.34. The monoisotopic (exact) mass is 246 g/mol. The van der Waals surface area contributed by atoms with Crippen LogP contribution >= 0.6 is 0 Å². The van der Waals surface area contributed by atoms with E-state index in [0.29, 0.717) is 0 Å². The Morgan fingerprint density at radius 2 is 2.22 bits per heavy atom. The SMILES string of the molecule is CNCC(C)C(=O)NC1CCCc2ccccc21. The molecule has 1 amide bonds. The maximum atomic E-state index is 12.1. The summed E-state index contributed by atoms with van der Waals surface area (Å²) >= 11 is 0. The van der Waals surface area contributed by atoms with Crippen LogP contribution in [0.1, 0.15) is 36.9 Å². The maximum absolute atomic E-state index is 12.1. The van der Waals surface area contributed by atoms with Gasteiger partial charge in [-0.2, -0.15) is 0 Å². The highest BCUT2D eigenvalue weighted by Gasteiger charge is 2.23. The number of hydrogen-bond acceptors (Lipinski definition) is 2. The first-order valence-corrected chi connectivity index (χ1v) is 6.75. The molecule has 3 nitrogen and oxygen atoms in total. The first kappa shape index (κ1) is 13.1. The summed E-state index contributed by atoms with van der Waals surface area (Å²) in [5, 5.41) is 6.22. The number of hydrogen-bond donors (Lipinski definition) is 2. The largest absolute Gasteiger partial charge is 0.349 e. The van der Waals surface area contributed by atoms with Crippen molar-refractivity contribution in [3.8, 4) is 0 Å². The summed E-state index contributed by atoms with van der Waals surface area (Å²) in [6, 6.07) is 8.64. The molecule has 0 bridgehead atoms. The van der Waals surface area contributed by atoms with E-state index in [1.807, 2.05) is 14.0 Å². The van der Waals surface area contributed by atoms with Gasteiger partial charge in [-0.3, -0.25) is 4.79 Å². The molecule has 0 aromatic heterocycles. The Labute approximate surface area is 109 Å². The quantitative estimate of drug-likeness (QED) is 0.853. The van der Waals surface area contributed by atoms with E-state index in [4.69, 9.17) is 0 Å². The van der Waals surface area contributed by atoms with E-state index in [0.717, 1.165) is 25.8 Å². The number of aryl methyl sites for hydroxylation is 1. The fourth-order valence-electron chi connectivity index (χ4n) is 2.62. The van der Waals surface area contributed by atoms with E-state index in [1.165, 1.54) is 11.1 Å². The highest BCUT2D eigenvalue weighted by Crippen LogP contribution is 2.29. The molecule has 0 radical (unpaired) electrons. The summed E-state index contributed by atoms with van der Waals surface area (Å²) in [6.45, 7) is 2.68. The van der Waals surface area contributed by atoms with Gasteiger partial charge in [-0.05, 0) is 37.4 Å². The topological polar surface area (TPSA) is 41.1 Å². The van der Waals surface area contributed by atoms with Crippen LogP contribution in [-0.2, 0) is 11.2 Å². The van der Waals surface area contributed by atoms with Crippen LogP contribution in [0.15, 0.2) is 24.3 Å². The first-order chi connectivity index (χ1) is 8.72. The normalized spacial score (nSPS) is 20.0. The molecule has 1 aliphatic carbocycles. The van der Waals surface area contributed by atoms with Gasteiger partial charge in [-0.15, -0.1) is 0 Å². The second-order valence-electron chi connectivity index (χ2n) is 5.11. The van der Waals surface area contributed by atoms with Crippen LogP contribution in [0, 0.1) is 5.92 Å². The lowest BCUT2D eigenvalue weighted by Crippen LogP contribution is -2.37. The molecule has 2 atom stereocenters. The van der Waals surface area contributed by atoms with Crippen LogP contribution in [0.3, 0.4) is 0 Å². The number of benzene rings is 1. The van der Waals surface area contributed by atoms with Crippen molar-refractivity contribution in [1.82, 2.24) is 10.6 Å².